The summed E-state index contributed by atoms with van der Waals surface area (Å²) in [6.07, 6.45) is 0.518. The van der Waals surface area contributed by atoms with E-state index in [0.717, 1.165) is 5.56 Å². The molecule has 0 aliphatic heterocycles. The van der Waals surface area contributed by atoms with Crippen molar-refractivity contribution in [2.75, 3.05) is 20.3 Å². The van der Waals surface area contributed by atoms with Crippen molar-refractivity contribution < 1.29 is 14.9 Å². The second-order valence-electron chi connectivity index (χ2n) is 3.73. The number of nitrogens with one attached hydrogen (secondary N) is 1. The summed E-state index contributed by atoms with van der Waals surface area (Å²) in [6.45, 7) is 0.594. The normalized spacial score (nSPS) is 12.5. The largest absolute Gasteiger partial charge is 0.497 e. The minimum Gasteiger partial charge on any atom is -0.497 e. The van der Waals surface area contributed by atoms with Gasteiger partial charge in [-0.2, -0.15) is 0 Å². The molecule has 0 bridgehead atoms. The van der Waals surface area contributed by atoms with E-state index < -0.39 is 0 Å². The van der Waals surface area contributed by atoms with Crippen LogP contribution in [0.3, 0.4) is 0 Å². The van der Waals surface area contributed by atoms with Gasteiger partial charge in [0.05, 0.1) is 13.7 Å². The topological polar surface area (TPSA) is 61.7 Å². The Morgan fingerprint density at radius 1 is 1.41 bits per heavy atom. The standard InChI is InChI=1S/C12H18ClNO3/c1-17-11-3-2-9(12(13)6-11)7-14-10(8-16)4-5-15/h2-3,6,10,14-16H,4-5,7-8H2,1H3. The van der Waals surface area contributed by atoms with Crippen LogP contribution in [0.1, 0.15) is 12.0 Å². The molecule has 17 heavy (non-hydrogen) atoms. The predicted octanol–water partition coefficient (Wildman–Crippen LogP) is 1.18. The van der Waals surface area contributed by atoms with Gasteiger partial charge in [0.15, 0.2) is 0 Å². The molecule has 0 aliphatic carbocycles. The average Bonchev–Trinajstić information content (AvgIpc) is 2.35. The summed E-state index contributed by atoms with van der Waals surface area (Å²) in [4.78, 5) is 0. The smallest absolute Gasteiger partial charge is 0.120 e. The Kier molecular flexibility index (Phi) is 6.29. The van der Waals surface area contributed by atoms with Crippen molar-refractivity contribution in [3.05, 3.63) is 28.8 Å². The zero-order valence-electron chi connectivity index (χ0n) is 9.82. The third-order valence-electron chi connectivity index (χ3n) is 2.54. The fraction of sp³-hybridized carbons (Fsp3) is 0.500. The van der Waals surface area contributed by atoms with E-state index >= 15 is 0 Å². The predicted molar refractivity (Wildman–Crippen MR) is 67.4 cm³/mol. The molecule has 0 saturated carbocycles. The minimum absolute atomic E-state index is 0.00562. The molecule has 1 aromatic carbocycles. The first-order chi connectivity index (χ1) is 8.21. The number of hydrogen-bond donors (Lipinski definition) is 3. The van der Waals surface area contributed by atoms with E-state index in [0.29, 0.717) is 23.7 Å². The monoisotopic (exact) mass is 259 g/mol. The first kappa shape index (κ1) is 14.3. The van der Waals surface area contributed by atoms with E-state index in [1.165, 1.54) is 0 Å². The Morgan fingerprint density at radius 2 is 2.18 bits per heavy atom. The van der Waals surface area contributed by atoms with Crippen LogP contribution in [-0.2, 0) is 6.54 Å². The Morgan fingerprint density at radius 3 is 2.71 bits per heavy atom. The highest BCUT2D eigenvalue weighted by Crippen LogP contribution is 2.22. The van der Waals surface area contributed by atoms with Gasteiger partial charge in [0.25, 0.3) is 0 Å². The van der Waals surface area contributed by atoms with Crippen LogP contribution >= 0.6 is 11.6 Å². The number of ether oxygens (including phenoxy) is 1. The lowest BCUT2D eigenvalue weighted by atomic mass is 10.1. The second-order valence-corrected chi connectivity index (χ2v) is 4.14. The van der Waals surface area contributed by atoms with E-state index in [-0.39, 0.29) is 19.3 Å². The van der Waals surface area contributed by atoms with Crippen molar-refractivity contribution in [1.82, 2.24) is 5.32 Å². The molecule has 0 aliphatic rings. The van der Waals surface area contributed by atoms with E-state index in [1.807, 2.05) is 12.1 Å². The third-order valence-corrected chi connectivity index (χ3v) is 2.89. The molecule has 0 spiro atoms. The van der Waals surface area contributed by atoms with Gasteiger partial charge in [-0.1, -0.05) is 17.7 Å². The molecule has 0 aromatic heterocycles. The van der Waals surface area contributed by atoms with Gasteiger partial charge in [-0.05, 0) is 24.1 Å². The number of hydrogen-bond acceptors (Lipinski definition) is 4. The summed E-state index contributed by atoms with van der Waals surface area (Å²) in [7, 11) is 1.59. The molecule has 1 atom stereocenters. The van der Waals surface area contributed by atoms with Crippen LogP contribution in [0, 0.1) is 0 Å². The van der Waals surface area contributed by atoms with Crippen LogP contribution in [0.2, 0.25) is 5.02 Å². The van der Waals surface area contributed by atoms with Gasteiger partial charge in [-0.15, -0.1) is 0 Å². The first-order valence-electron chi connectivity index (χ1n) is 5.48. The summed E-state index contributed by atoms with van der Waals surface area (Å²) >= 11 is 6.08. The van der Waals surface area contributed by atoms with E-state index in [4.69, 9.17) is 26.6 Å². The van der Waals surface area contributed by atoms with Crippen LogP contribution in [0.4, 0.5) is 0 Å². The minimum atomic E-state index is -0.113. The number of aliphatic hydroxyl groups excluding tert-OH is 2. The lowest BCUT2D eigenvalue weighted by molar-refractivity contribution is 0.200. The van der Waals surface area contributed by atoms with Gasteiger partial charge < -0.3 is 20.3 Å². The summed E-state index contributed by atoms with van der Waals surface area (Å²) in [5.74, 6) is 0.716. The van der Waals surface area contributed by atoms with E-state index in [2.05, 4.69) is 5.32 Å². The zero-order valence-corrected chi connectivity index (χ0v) is 10.6. The van der Waals surface area contributed by atoms with Crippen LogP contribution < -0.4 is 10.1 Å². The number of rotatable bonds is 7. The quantitative estimate of drug-likeness (QED) is 0.688. The Labute approximate surface area is 106 Å². The van der Waals surface area contributed by atoms with Crippen molar-refractivity contribution >= 4 is 11.6 Å². The van der Waals surface area contributed by atoms with Crippen LogP contribution in [0.15, 0.2) is 18.2 Å². The molecule has 0 saturated heterocycles. The highest BCUT2D eigenvalue weighted by Gasteiger charge is 2.07. The molecule has 0 radical (unpaired) electrons. The van der Waals surface area contributed by atoms with Crippen LogP contribution in [0.5, 0.6) is 5.75 Å². The Balaban J connectivity index is 2.56. The maximum atomic E-state index is 9.06. The molecule has 0 amide bonds. The average molecular weight is 260 g/mol. The number of halogens is 1. The molecule has 5 heteroatoms. The van der Waals surface area contributed by atoms with Crippen molar-refractivity contribution in [2.24, 2.45) is 0 Å². The summed E-state index contributed by atoms with van der Waals surface area (Å²) in [5, 5.41) is 21.6. The second kappa shape index (κ2) is 7.50. The van der Waals surface area contributed by atoms with Gasteiger partial charge in [0.2, 0.25) is 0 Å². The number of aliphatic hydroxyl groups is 2. The Hall–Kier alpha value is -0.810. The van der Waals surface area contributed by atoms with Crippen LogP contribution in [-0.4, -0.2) is 36.6 Å². The molecule has 96 valence electrons. The molecule has 1 rings (SSSR count). The molecule has 1 unspecified atom stereocenters. The number of benzene rings is 1. The summed E-state index contributed by atoms with van der Waals surface area (Å²) in [5.41, 5.74) is 0.934. The van der Waals surface area contributed by atoms with Crippen LogP contribution in [0.25, 0.3) is 0 Å². The van der Waals surface area contributed by atoms with Crippen molar-refractivity contribution in [3.63, 3.8) is 0 Å². The molecular weight excluding hydrogens is 242 g/mol. The maximum Gasteiger partial charge on any atom is 0.120 e. The molecule has 3 N–H and O–H groups in total. The Bertz CT molecular complexity index is 347. The zero-order chi connectivity index (χ0) is 12.7. The van der Waals surface area contributed by atoms with Gasteiger partial charge in [0, 0.05) is 24.2 Å². The first-order valence-corrected chi connectivity index (χ1v) is 5.86. The van der Waals surface area contributed by atoms with E-state index in [9.17, 15) is 0 Å². The highest BCUT2D eigenvalue weighted by molar-refractivity contribution is 6.31. The highest BCUT2D eigenvalue weighted by atomic mass is 35.5. The summed E-state index contributed by atoms with van der Waals surface area (Å²) in [6, 6.07) is 5.35. The molecule has 4 nitrogen and oxygen atoms in total. The fourth-order valence-corrected chi connectivity index (χ4v) is 1.70. The molecule has 0 heterocycles. The van der Waals surface area contributed by atoms with Gasteiger partial charge in [0.1, 0.15) is 5.75 Å². The van der Waals surface area contributed by atoms with Gasteiger partial charge in [-0.25, -0.2) is 0 Å². The molecule has 0 fully saturated rings. The lowest BCUT2D eigenvalue weighted by Crippen LogP contribution is -2.32. The summed E-state index contributed by atoms with van der Waals surface area (Å²) < 4.78 is 5.06. The van der Waals surface area contributed by atoms with Crippen molar-refractivity contribution in [2.45, 2.75) is 19.0 Å². The third kappa shape index (κ3) is 4.52. The van der Waals surface area contributed by atoms with Gasteiger partial charge >= 0.3 is 0 Å². The SMILES string of the molecule is COc1ccc(CNC(CO)CCO)c(Cl)c1. The number of methoxy groups -OCH3 is 1. The molecule has 1 aromatic rings. The van der Waals surface area contributed by atoms with Crippen molar-refractivity contribution in [1.29, 1.82) is 0 Å². The van der Waals surface area contributed by atoms with Gasteiger partial charge in [-0.3, -0.25) is 0 Å². The van der Waals surface area contributed by atoms with Crippen molar-refractivity contribution in [3.8, 4) is 5.75 Å². The lowest BCUT2D eigenvalue weighted by Gasteiger charge is -2.15. The molecular formula is C12H18ClNO3. The van der Waals surface area contributed by atoms with E-state index in [1.54, 1.807) is 13.2 Å². The maximum absolute atomic E-state index is 9.06. The fourth-order valence-electron chi connectivity index (χ4n) is 1.47.